The summed E-state index contributed by atoms with van der Waals surface area (Å²) in [7, 11) is 0. The second-order valence-electron chi connectivity index (χ2n) is 3.51. The smallest absolute Gasteiger partial charge is 0.244 e. The SMILES string of the molecule is O=C(/C=C/C=C/c1ccc2c(c1)OCO2)NCI. The van der Waals surface area contributed by atoms with Crippen LogP contribution in [0.25, 0.3) is 6.08 Å². The van der Waals surface area contributed by atoms with Gasteiger partial charge < -0.3 is 14.8 Å². The topological polar surface area (TPSA) is 47.6 Å². The molecule has 0 bridgehead atoms. The van der Waals surface area contributed by atoms with Gasteiger partial charge in [0.2, 0.25) is 12.7 Å². The van der Waals surface area contributed by atoms with E-state index in [1.54, 1.807) is 6.08 Å². The number of hydrogen-bond donors (Lipinski definition) is 1. The van der Waals surface area contributed by atoms with E-state index in [1.807, 2.05) is 30.4 Å². The summed E-state index contributed by atoms with van der Waals surface area (Å²) >= 11 is 2.08. The van der Waals surface area contributed by atoms with Crippen LogP contribution < -0.4 is 14.8 Å². The number of alkyl halides is 1. The van der Waals surface area contributed by atoms with Gasteiger partial charge in [-0.05, 0) is 17.7 Å². The van der Waals surface area contributed by atoms with Gasteiger partial charge in [-0.3, -0.25) is 4.79 Å². The van der Waals surface area contributed by atoms with Crippen molar-refractivity contribution in [3.05, 3.63) is 42.0 Å². The van der Waals surface area contributed by atoms with Gasteiger partial charge in [0, 0.05) is 6.08 Å². The zero-order chi connectivity index (χ0) is 12.8. The number of carbonyl (C=O) groups excluding carboxylic acids is 1. The van der Waals surface area contributed by atoms with Gasteiger partial charge >= 0.3 is 0 Å². The van der Waals surface area contributed by atoms with Crippen LogP contribution >= 0.6 is 22.6 Å². The molecule has 1 aliphatic rings. The minimum absolute atomic E-state index is 0.0975. The summed E-state index contributed by atoms with van der Waals surface area (Å²) in [5.41, 5.74) is 0.998. The first kappa shape index (κ1) is 12.9. The van der Waals surface area contributed by atoms with Gasteiger partial charge in [0.25, 0.3) is 0 Å². The molecule has 94 valence electrons. The zero-order valence-corrected chi connectivity index (χ0v) is 11.7. The van der Waals surface area contributed by atoms with E-state index in [0.29, 0.717) is 4.55 Å². The minimum Gasteiger partial charge on any atom is -0.454 e. The van der Waals surface area contributed by atoms with Crippen molar-refractivity contribution in [1.82, 2.24) is 5.32 Å². The van der Waals surface area contributed by atoms with Crippen LogP contribution in [0.2, 0.25) is 0 Å². The third-order valence-corrected chi connectivity index (χ3v) is 2.67. The molecule has 0 saturated carbocycles. The van der Waals surface area contributed by atoms with Crippen molar-refractivity contribution in [2.24, 2.45) is 0 Å². The van der Waals surface area contributed by atoms with Crippen molar-refractivity contribution in [3.63, 3.8) is 0 Å². The Morgan fingerprint density at radius 3 is 3.00 bits per heavy atom. The fourth-order valence-electron chi connectivity index (χ4n) is 1.45. The van der Waals surface area contributed by atoms with Gasteiger partial charge in [-0.15, -0.1) is 0 Å². The van der Waals surface area contributed by atoms with E-state index >= 15 is 0 Å². The summed E-state index contributed by atoms with van der Waals surface area (Å²) in [6, 6.07) is 5.70. The lowest BCUT2D eigenvalue weighted by molar-refractivity contribution is -0.116. The highest BCUT2D eigenvalue weighted by Gasteiger charge is 2.11. The molecular formula is C13H12INO3. The summed E-state index contributed by atoms with van der Waals surface area (Å²) in [5.74, 6) is 1.42. The Kier molecular flexibility index (Phi) is 4.63. The van der Waals surface area contributed by atoms with Gasteiger partial charge in [0.1, 0.15) is 0 Å². The van der Waals surface area contributed by atoms with E-state index in [-0.39, 0.29) is 12.7 Å². The zero-order valence-electron chi connectivity index (χ0n) is 9.56. The van der Waals surface area contributed by atoms with Crippen LogP contribution in [0.3, 0.4) is 0 Å². The lowest BCUT2D eigenvalue weighted by Gasteiger charge is -1.96. The molecule has 0 radical (unpaired) electrons. The highest BCUT2D eigenvalue weighted by molar-refractivity contribution is 14.1. The Balaban J connectivity index is 1.95. The van der Waals surface area contributed by atoms with Crippen molar-refractivity contribution in [2.75, 3.05) is 11.3 Å². The van der Waals surface area contributed by atoms with Gasteiger partial charge in [-0.2, -0.15) is 0 Å². The monoisotopic (exact) mass is 357 g/mol. The van der Waals surface area contributed by atoms with Crippen LogP contribution in [-0.2, 0) is 4.79 Å². The number of amides is 1. The molecular weight excluding hydrogens is 345 g/mol. The first-order chi connectivity index (χ1) is 8.79. The van der Waals surface area contributed by atoms with Gasteiger partial charge in [-0.25, -0.2) is 0 Å². The Morgan fingerprint density at radius 2 is 2.17 bits per heavy atom. The van der Waals surface area contributed by atoms with Crippen molar-refractivity contribution in [2.45, 2.75) is 0 Å². The molecule has 0 fully saturated rings. The summed E-state index contributed by atoms with van der Waals surface area (Å²) in [4.78, 5) is 11.1. The van der Waals surface area contributed by atoms with E-state index in [9.17, 15) is 4.79 Å². The first-order valence-corrected chi connectivity index (χ1v) is 6.90. The largest absolute Gasteiger partial charge is 0.454 e. The van der Waals surface area contributed by atoms with Crippen LogP contribution in [0.1, 0.15) is 5.56 Å². The van der Waals surface area contributed by atoms with E-state index in [1.165, 1.54) is 6.08 Å². The molecule has 0 saturated heterocycles. The highest BCUT2D eigenvalue weighted by Crippen LogP contribution is 2.32. The molecule has 1 N–H and O–H groups in total. The first-order valence-electron chi connectivity index (χ1n) is 5.38. The van der Waals surface area contributed by atoms with Gasteiger partial charge in [-0.1, -0.05) is 46.9 Å². The second kappa shape index (κ2) is 6.44. The Morgan fingerprint density at radius 1 is 1.33 bits per heavy atom. The quantitative estimate of drug-likeness (QED) is 0.296. The van der Waals surface area contributed by atoms with Crippen molar-refractivity contribution >= 4 is 34.6 Å². The number of nitrogens with one attached hydrogen (secondary N) is 1. The summed E-state index contributed by atoms with van der Waals surface area (Å²) in [5, 5.41) is 2.67. The molecule has 1 aromatic carbocycles. The Hall–Kier alpha value is -1.50. The molecule has 0 unspecified atom stereocenters. The average Bonchev–Trinajstić information content (AvgIpc) is 2.82. The molecule has 1 aliphatic heterocycles. The van der Waals surface area contributed by atoms with Crippen LogP contribution in [0, 0.1) is 0 Å². The van der Waals surface area contributed by atoms with Crippen LogP contribution in [0.15, 0.2) is 36.4 Å². The van der Waals surface area contributed by atoms with Crippen molar-refractivity contribution < 1.29 is 14.3 Å². The number of fused-ring (bicyclic) bond motifs is 1. The second-order valence-corrected chi connectivity index (χ2v) is 4.27. The molecule has 1 aromatic rings. The molecule has 5 heteroatoms. The lowest BCUT2D eigenvalue weighted by Crippen LogP contribution is -2.17. The van der Waals surface area contributed by atoms with E-state index in [4.69, 9.17) is 9.47 Å². The number of hydrogen-bond acceptors (Lipinski definition) is 3. The standard InChI is InChI=1S/C13H12INO3/c14-8-15-13(16)4-2-1-3-10-5-6-11-12(7-10)18-9-17-11/h1-7H,8-9H2,(H,15,16)/b3-1+,4-2+. The molecule has 0 spiro atoms. The lowest BCUT2D eigenvalue weighted by atomic mass is 10.2. The maximum Gasteiger partial charge on any atom is 0.244 e. The molecule has 2 rings (SSSR count). The fraction of sp³-hybridized carbons (Fsp3) is 0.154. The van der Waals surface area contributed by atoms with Crippen molar-refractivity contribution in [1.29, 1.82) is 0 Å². The number of carbonyl (C=O) groups is 1. The number of allylic oxidation sites excluding steroid dienone is 2. The number of halogens is 1. The molecule has 1 amide bonds. The fourth-order valence-corrected chi connectivity index (χ4v) is 1.83. The highest BCUT2D eigenvalue weighted by atomic mass is 127. The van der Waals surface area contributed by atoms with E-state index < -0.39 is 0 Å². The predicted octanol–water partition coefficient (Wildman–Crippen LogP) is 2.49. The van der Waals surface area contributed by atoms with Crippen LogP contribution in [0.4, 0.5) is 0 Å². The van der Waals surface area contributed by atoms with Crippen molar-refractivity contribution in [3.8, 4) is 11.5 Å². The third kappa shape index (κ3) is 3.49. The van der Waals surface area contributed by atoms with Crippen LogP contribution in [0.5, 0.6) is 11.5 Å². The Labute approximate surface area is 119 Å². The molecule has 0 atom stereocenters. The van der Waals surface area contributed by atoms with E-state index in [2.05, 4.69) is 27.9 Å². The van der Waals surface area contributed by atoms with Gasteiger partial charge in [0.15, 0.2) is 11.5 Å². The Bertz CT molecular complexity index is 497. The molecule has 0 aromatic heterocycles. The van der Waals surface area contributed by atoms with E-state index in [0.717, 1.165) is 17.1 Å². The average molecular weight is 357 g/mol. The molecule has 4 nitrogen and oxygen atoms in total. The normalized spacial score (nSPS) is 13.4. The summed E-state index contributed by atoms with van der Waals surface area (Å²) in [6.45, 7) is 0.277. The third-order valence-electron chi connectivity index (χ3n) is 2.29. The molecule has 1 heterocycles. The maximum atomic E-state index is 11.1. The number of ether oxygens (including phenoxy) is 2. The predicted molar refractivity (Wildman–Crippen MR) is 77.8 cm³/mol. The summed E-state index contributed by atoms with van der Waals surface area (Å²) in [6.07, 6.45) is 6.90. The minimum atomic E-state index is -0.0975. The summed E-state index contributed by atoms with van der Waals surface area (Å²) < 4.78 is 11.1. The number of benzene rings is 1. The number of rotatable bonds is 4. The maximum absolute atomic E-state index is 11.1. The molecule has 18 heavy (non-hydrogen) atoms. The molecule has 0 aliphatic carbocycles. The van der Waals surface area contributed by atoms with Gasteiger partial charge in [0.05, 0.1) is 4.55 Å². The van der Waals surface area contributed by atoms with Crippen LogP contribution in [-0.4, -0.2) is 17.3 Å².